The smallest absolute Gasteiger partial charge is 0.252 e. The van der Waals surface area contributed by atoms with Gasteiger partial charge < -0.3 is 9.80 Å². The molecule has 0 spiro atoms. The zero-order chi connectivity index (χ0) is 44.5. The van der Waals surface area contributed by atoms with Gasteiger partial charge in [0.25, 0.3) is 6.71 Å². The zero-order valence-corrected chi connectivity index (χ0v) is 38.2. The van der Waals surface area contributed by atoms with Gasteiger partial charge in [0.1, 0.15) is 0 Å². The maximum Gasteiger partial charge on any atom is 0.252 e. The summed E-state index contributed by atoms with van der Waals surface area (Å²) in [6, 6.07) is 79.3. The maximum atomic E-state index is 2.58. The first-order chi connectivity index (χ1) is 31.6. The molecule has 0 bridgehead atoms. The predicted octanol–water partition coefficient (Wildman–Crippen LogP) is 15.0. The normalized spacial score (nSPS) is 13.0. The van der Waals surface area contributed by atoms with Crippen molar-refractivity contribution in [1.82, 2.24) is 0 Å². The molecule has 0 radical (unpaired) electrons. The molecule has 0 fully saturated rings. The average molecular weight is 837 g/mol. The Kier molecular flexibility index (Phi) is 9.77. The van der Waals surface area contributed by atoms with Crippen LogP contribution in [0.5, 0.6) is 0 Å². The number of anilines is 6. The second kappa shape index (κ2) is 15.7. The summed E-state index contributed by atoms with van der Waals surface area (Å²) < 4.78 is 0. The molecular formula is C62H53BN2. The number of fused-ring (bicyclic) bond motifs is 4. The topological polar surface area (TPSA) is 6.48 Å². The van der Waals surface area contributed by atoms with Crippen molar-refractivity contribution in [2.45, 2.75) is 52.4 Å². The Morgan fingerprint density at radius 3 is 0.969 bits per heavy atom. The van der Waals surface area contributed by atoms with E-state index in [0.29, 0.717) is 0 Å². The summed E-state index contributed by atoms with van der Waals surface area (Å²) in [5.41, 5.74) is 23.3. The van der Waals surface area contributed by atoms with Gasteiger partial charge in [-0.05, 0) is 84.9 Å². The minimum atomic E-state index is 0.0120. The third-order valence-corrected chi connectivity index (χ3v) is 13.6. The molecule has 0 atom stereocenters. The molecule has 2 aliphatic heterocycles. The van der Waals surface area contributed by atoms with Crippen LogP contribution in [0.3, 0.4) is 0 Å². The molecule has 9 aromatic carbocycles. The molecule has 3 heteroatoms. The monoisotopic (exact) mass is 836 g/mol. The first-order valence-electron chi connectivity index (χ1n) is 23.1. The van der Waals surface area contributed by atoms with Crippen molar-refractivity contribution in [2.75, 3.05) is 9.80 Å². The largest absolute Gasteiger partial charge is 0.310 e. The van der Waals surface area contributed by atoms with E-state index in [0.717, 1.165) is 0 Å². The van der Waals surface area contributed by atoms with Crippen LogP contribution >= 0.6 is 0 Å². The van der Waals surface area contributed by atoms with Crippen molar-refractivity contribution in [3.05, 3.63) is 223 Å². The second-order valence-corrected chi connectivity index (χ2v) is 19.7. The highest BCUT2D eigenvalue weighted by atomic mass is 15.2. The number of nitrogens with zero attached hydrogens (tertiary/aromatic N) is 2. The van der Waals surface area contributed by atoms with Crippen molar-refractivity contribution in [3.8, 4) is 44.5 Å². The molecule has 0 aliphatic carbocycles. The summed E-state index contributed by atoms with van der Waals surface area (Å²) in [5.74, 6) is 0. The van der Waals surface area contributed by atoms with Crippen LogP contribution in [0.1, 0.15) is 52.7 Å². The lowest BCUT2D eigenvalue weighted by Gasteiger charge is -2.45. The minimum absolute atomic E-state index is 0.0120. The van der Waals surface area contributed by atoms with Gasteiger partial charge in [-0.2, -0.15) is 0 Å². The summed E-state index contributed by atoms with van der Waals surface area (Å²) in [4.78, 5) is 5.17. The molecule has 2 aliphatic rings. The Labute approximate surface area is 385 Å². The van der Waals surface area contributed by atoms with Gasteiger partial charge in [0.15, 0.2) is 0 Å². The van der Waals surface area contributed by atoms with Crippen LogP contribution in [0.25, 0.3) is 44.5 Å². The van der Waals surface area contributed by atoms with E-state index < -0.39 is 0 Å². The first kappa shape index (κ1) is 40.4. The van der Waals surface area contributed by atoms with Crippen LogP contribution in [-0.4, -0.2) is 6.71 Å². The number of para-hydroxylation sites is 4. The van der Waals surface area contributed by atoms with E-state index in [1.54, 1.807) is 0 Å². The predicted molar refractivity (Wildman–Crippen MR) is 280 cm³/mol. The highest BCUT2D eigenvalue weighted by Gasteiger charge is 2.44. The molecule has 314 valence electrons. The second-order valence-electron chi connectivity index (χ2n) is 19.7. The molecule has 2 nitrogen and oxygen atoms in total. The molecule has 2 heterocycles. The Morgan fingerprint density at radius 1 is 0.292 bits per heavy atom. The number of hydrogen-bond donors (Lipinski definition) is 0. The lowest BCUT2D eigenvalue weighted by Crippen LogP contribution is -2.61. The fourth-order valence-electron chi connectivity index (χ4n) is 10.4. The summed E-state index contributed by atoms with van der Waals surface area (Å²) in [7, 11) is 0. The summed E-state index contributed by atoms with van der Waals surface area (Å²) in [5, 5.41) is 0. The third-order valence-electron chi connectivity index (χ3n) is 13.6. The molecule has 65 heavy (non-hydrogen) atoms. The fraction of sp³-hybridized carbons (Fsp3) is 0.129. The Bertz CT molecular complexity index is 3000. The van der Waals surface area contributed by atoms with Gasteiger partial charge >= 0.3 is 0 Å². The van der Waals surface area contributed by atoms with Gasteiger partial charge in [-0.3, -0.25) is 0 Å². The fourth-order valence-corrected chi connectivity index (χ4v) is 10.4. The third kappa shape index (κ3) is 6.89. The molecule has 0 N–H and O–H groups in total. The van der Waals surface area contributed by atoms with E-state index >= 15 is 0 Å². The molecule has 0 aromatic heterocycles. The van der Waals surface area contributed by atoms with Gasteiger partial charge in [-0.15, -0.1) is 0 Å². The molecule has 0 unspecified atom stereocenters. The quantitative estimate of drug-likeness (QED) is 0.154. The number of rotatable bonds is 6. The number of hydrogen-bond acceptors (Lipinski definition) is 2. The van der Waals surface area contributed by atoms with Crippen LogP contribution in [-0.2, 0) is 10.8 Å². The molecule has 11 rings (SSSR count). The molecule has 0 saturated heterocycles. The minimum Gasteiger partial charge on any atom is -0.310 e. The van der Waals surface area contributed by atoms with Gasteiger partial charge in [0.2, 0.25) is 0 Å². The summed E-state index contributed by atoms with van der Waals surface area (Å²) >= 11 is 0. The Morgan fingerprint density at radius 2 is 0.600 bits per heavy atom. The zero-order valence-electron chi connectivity index (χ0n) is 38.2. The van der Waals surface area contributed by atoms with E-state index in [9.17, 15) is 0 Å². The van der Waals surface area contributed by atoms with Crippen molar-refractivity contribution in [3.63, 3.8) is 0 Å². The standard InChI is InChI=1S/C62H53BN2/c1-61(2,3)46-38-34-44(35-39-46)50-26-17-24-48(42-20-9-7-10-21-42)59(50)64-54-30-15-13-28-52(54)63-53-29-14-16-31-55(53)65(57-33-19-32-56(64)58(57)63)60-49(43-22-11-8-12-23-43)25-18-27-51(60)45-36-40-47(41-37-45)62(4,5)6/h7-41H,1-6H3. The van der Waals surface area contributed by atoms with Crippen LogP contribution < -0.4 is 26.2 Å². The van der Waals surface area contributed by atoms with Gasteiger partial charge in [0.05, 0.1) is 11.4 Å². The molecule has 0 amide bonds. The van der Waals surface area contributed by atoms with E-state index in [1.807, 2.05) is 0 Å². The van der Waals surface area contributed by atoms with Crippen molar-refractivity contribution >= 4 is 57.2 Å². The van der Waals surface area contributed by atoms with Crippen LogP contribution in [0.4, 0.5) is 34.1 Å². The van der Waals surface area contributed by atoms with Gasteiger partial charge in [0, 0.05) is 45.0 Å². The molecule has 0 saturated carbocycles. The molecular weight excluding hydrogens is 784 g/mol. The SMILES string of the molecule is CC(C)(C)c1ccc(-c2cccc(-c3ccccc3)c2N2c3ccccc3B3c4ccccc4N(c4c(-c5ccccc5)cccc4-c4ccc(C(C)(C)C)cc4)c4cccc2c43)cc1. The highest BCUT2D eigenvalue weighted by molar-refractivity contribution is 7.00. The number of benzene rings is 9. The van der Waals surface area contributed by atoms with E-state index in [-0.39, 0.29) is 17.5 Å². The maximum absolute atomic E-state index is 2.58. The van der Waals surface area contributed by atoms with E-state index in [4.69, 9.17) is 0 Å². The van der Waals surface area contributed by atoms with Crippen molar-refractivity contribution < 1.29 is 0 Å². The van der Waals surface area contributed by atoms with Crippen LogP contribution in [0, 0.1) is 0 Å². The summed E-state index contributed by atoms with van der Waals surface area (Å²) in [6.07, 6.45) is 0. The first-order valence-corrected chi connectivity index (χ1v) is 23.1. The average Bonchev–Trinajstić information content (AvgIpc) is 3.34. The Hall–Kier alpha value is -7.36. The van der Waals surface area contributed by atoms with Crippen molar-refractivity contribution in [2.24, 2.45) is 0 Å². The van der Waals surface area contributed by atoms with Crippen molar-refractivity contribution in [1.29, 1.82) is 0 Å². The van der Waals surface area contributed by atoms with E-state index in [2.05, 4.69) is 264 Å². The lowest BCUT2D eigenvalue weighted by atomic mass is 9.33. The van der Waals surface area contributed by atoms with Crippen LogP contribution in [0.15, 0.2) is 212 Å². The summed E-state index contributed by atoms with van der Waals surface area (Å²) in [6.45, 7) is 13.7. The van der Waals surface area contributed by atoms with E-state index in [1.165, 1.54) is 106 Å². The lowest BCUT2D eigenvalue weighted by molar-refractivity contribution is 0.590. The molecule has 9 aromatic rings. The van der Waals surface area contributed by atoms with Crippen LogP contribution in [0.2, 0.25) is 0 Å². The van der Waals surface area contributed by atoms with Gasteiger partial charge in [-0.1, -0.05) is 230 Å². The Balaban J connectivity index is 1.21. The van der Waals surface area contributed by atoms with Gasteiger partial charge in [-0.25, -0.2) is 0 Å². The highest BCUT2D eigenvalue weighted by Crippen LogP contribution is 2.52.